The minimum absolute atomic E-state index is 0.0234. The molecule has 1 saturated heterocycles. The van der Waals surface area contributed by atoms with E-state index in [1.54, 1.807) is 0 Å². The van der Waals surface area contributed by atoms with Crippen molar-refractivity contribution in [3.05, 3.63) is 60.2 Å². The first-order chi connectivity index (χ1) is 19.9. The third-order valence-electron chi connectivity index (χ3n) is 8.34. The van der Waals surface area contributed by atoms with E-state index in [4.69, 9.17) is 9.72 Å². The number of ether oxygens (including phenoxy) is 1. The minimum Gasteiger partial charge on any atom is -0.409 e. The van der Waals surface area contributed by atoms with Crippen LogP contribution in [-0.4, -0.2) is 65.2 Å². The molecular weight excluding hydrogens is 514 g/mol. The van der Waals surface area contributed by atoms with Crippen LogP contribution in [0.5, 0.6) is 5.75 Å². The van der Waals surface area contributed by atoms with Gasteiger partial charge in [0.05, 0.1) is 11.2 Å². The highest BCUT2D eigenvalue weighted by atomic mass is 16.6. The van der Waals surface area contributed by atoms with Crippen LogP contribution >= 0.6 is 0 Å². The van der Waals surface area contributed by atoms with E-state index in [9.17, 15) is 9.59 Å². The third kappa shape index (κ3) is 7.17. The molecule has 8 heteroatoms. The number of nitrogens with zero attached hydrogens (tertiary/aromatic N) is 3. The van der Waals surface area contributed by atoms with Gasteiger partial charge in [0.1, 0.15) is 5.75 Å². The van der Waals surface area contributed by atoms with Crippen molar-refractivity contribution in [2.75, 3.05) is 26.2 Å². The van der Waals surface area contributed by atoms with Gasteiger partial charge >= 0.3 is 12.1 Å². The molecule has 2 fully saturated rings. The molecule has 2 heterocycles. The molecule has 8 nitrogen and oxygen atoms in total. The maximum atomic E-state index is 13.4. The smallest absolute Gasteiger partial charge is 0.409 e. The van der Waals surface area contributed by atoms with Crippen molar-refractivity contribution in [1.29, 1.82) is 0 Å². The Morgan fingerprint density at radius 3 is 2.29 bits per heavy atom. The maximum absolute atomic E-state index is 13.4. The lowest BCUT2D eigenvalue weighted by Crippen LogP contribution is -2.52. The van der Waals surface area contributed by atoms with E-state index in [0.717, 1.165) is 53.7 Å². The molecule has 0 bridgehead atoms. The summed E-state index contributed by atoms with van der Waals surface area (Å²) in [4.78, 5) is 35.2. The number of carbonyl (C=O) groups is 2. The number of hydrogen-bond acceptors (Lipinski definition) is 5. The number of rotatable bonds is 7. The first-order valence-electron chi connectivity index (χ1n) is 15.1. The zero-order valence-corrected chi connectivity index (χ0v) is 24.6. The summed E-state index contributed by atoms with van der Waals surface area (Å²) >= 11 is 0. The van der Waals surface area contributed by atoms with Crippen molar-refractivity contribution in [2.24, 2.45) is 5.92 Å². The number of aromatic nitrogens is 1. The van der Waals surface area contributed by atoms with E-state index in [0.29, 0.717) is 31.3 Å². The predicted molar refractivity (Wildman–Crippen MR) is 163 cm³/mol. The number of piperazine rings is 1. The van der Waals surface area contributed by atoms with Crippen LogP contribution in [0, 0.1) is 5.92 Å². The Morgan fingerprint density at radius 2 is 1.59 bits per heavy atom. The molecule has 1 aromatic heterocycles. The van der Waals surface area contributed by atoms with Crippen molar-refractivity contribution >= 4 is 23.0 Å². The lowest BCUT2D eigenvalue weighted by molar-refractivity contribution is 0.133. The largest absolute Gasteiger partial charge is 0.412 e. The van der Waals surface area contributed by atoms with Crippen LogP contribution in [0.1, 0.15) is 58.4 Å². The normalized spacial score (nSPS) is 17.4. The van der Waals surface area contributed by atoms with E-state index in [1.165, 1.54) is 19.3 Å². The highest BCUT2D eigenvalue weighted by Crippen LogP contribution is 2.37. The van der Waals surface area contributed by atoms with Crippen LogP contribution in [0.2, 0.25) is 0 Å². The number of nitrogens with one attached hydrogen (secondary N) is 2. The van der Waals surface area contributed by atoms with Gasteiger partial charge in [0.2, 0.25) is 0 Å². The van der Waals surface area contributed by atoms with Gasteiger partial charge in [0.15, 0.2) is 0 Å². The second kappa shape index (κ2) is 13.3. The number of pyridine rings is 1. The molecule has 1 aliphatic carbocycles. The highest BCUT2D eigenvalue weighted by Gasteiger charge is 2.27. The molecule has 5 rings (SSSR count). The Kier molecular flexibility index (Phi) is 9.39. The van der Waals surface area contributed by atoms with E-state index < -0.39 is 6.09 Å². The summed E-state index contributed by atoms with van der Waals surface area (Å²) in [6.45, 7) is 9.30. The Hall–Kier alpha value is -3.65. The molecule has 218 valence electrons. The van der Waals surface area contributed by atoms with Gasteiger partial charge in [-0.3, -0.25) is 4.90 Å². The third-order valence-corrected chi connectivity index (χ3v) is 8.34. The monoisotopic (exact) mass is 557 g/mol. The van der Waals surface area contributed by atoms with Gasteiger partial charge in [0.25, 0.3) is 0 Å². The van der Waals surface area contributed by atoms with E-state index in [1.807, 2.05) is 73.3 Å². The van der Waals surface area contributed by atoms with Crippen LogP contribution < -0.4 is 15.4 Å². The molecule has 1 saturated carbocycles. The Balaban J connectivity index is 1.44. The minimum atomic E-state index is -0.421. The van der Waals surface area contributed by atoms with Crippen LogP contribution in [0.3, 0.4) is 0 Å². The Morgan fingerprint density at radius 1 is 0.902 bits per heavy atom. The number of para-hydroxylation sites is 1. The number of hydrogen-bond donors (Lipinski definition) is 2. The number of benzene rings is 2. The molecule has 3 aromatic rings. The molecule has 1 atom stereocenters. The van der Waals surface area contributed by atoms with E-state index >= 15 is 0 Å². The van der Waals surface area contributed by atoms with Crippen LogP contribution in [0.15, 0.2) is 54.6 Å². The molecule has 2 N–H and O–H groups in total. The summed E-state index contributed by atoms with van der Waals surface area (Å²) in [6.07, 6.45) is 5.58. The molecule has 0 radical (unpaired) electrons. The summed E-state index contributed by atoms with van der Waals surface area (Å²) in [5.41, 5.74) is 3.46. The average Bonchev–Trinajstić information content (AvgIpc) is 2.99. The number of urea groups is 1. The fourth-order valence-electron chi connectivity index (χ4n) is 6.05. The Labute approximate surface area is 243 Å². The van der Waals surface area contributed by atoms with Crippen LogP contribution in [0.25, 0.3) is 22.2 Å². The summed E-state index contributed by atoms with van der Waals surface area (Å²) < 4.78 is 6.24. The highest BCUT2D eigenvalue weighted by molar-refractivity contribution is 5.92. The molecule has 41 heavy (non-hydrogen) atoms. The van der Waals surface area contributed by atoms with Gasteiger partial charge in [0, 0.05) is 61.3 Å². The summed E-state index contributed by atoms with van der Waals surface area (Å²) in [5, 5.41) is 6.95. The number of carbonyl (C=O) groups excluding carboxylic acids is 2. The van der Waals surface area contributed by atoms with Crippen LogP contribution in [0.4, 0.5) is 9.59 Å². The van der Waals surface area contributed by atoms with Gasteiger partial charge in [-0.2, -0.15) is 0 Å². The lowest BCUT2D eigenvalue weighted by atomic mass is 9.85. The van der Waals surface area contributed by atoms with Crippen molar-refractivity contribution in [2.45, 2.75) is 71.5 Å². The average molecular weight is 558 g/mol. The standard InChI is InChI=1S/C33H43N5O3/c1-23(2)34-32(39)38-20-18-37(19-21-38)22-28-30(26-14-8-5-9-15-26)36-29-17-11-10-16-27(29)31(28)41-33(40)35-24(3)25-12-6-4-7-13-25/h5,8-11,14-17,23-25H,4,6-7,12-13,18-22H2,1-3H3,(H,34,39)(H,35,40)/t24-/m0/s1. The fraction of sp³-hybridized carbons (Fsp3) is 0.485. The van der Waals surface area contributed by atoms with Crippen molar-refractivity contribution in [1.82, 2.24) is 25.4 Å². The topological polar surface area (TPSA) is 86.8 Å². The molecule has 3 amide bonds. The summed E-state index contributed by atoms with van der Waals surface area (Å²) in [7, 11) is 0. The second-order valence-corrected chi connectivity index (χ2v) is 11.7. The maximum Gasteiger partial charge on any atom is 0.412 e. The van der Waals surface area contributed by atoms with Crippen molar-refractivity contribution in [3.8, 4) is 17.0 Å². The molecule has 2 aliphatic rings. The lowest BCUT2D eigenvalue weighted by Gasteiger charge is -2.35. The van der Waals surface area contributed by atoms with Gasteiger partial charge < -0.3 is 20.3 Å². The molecule has 2 aromatic carbocycles. The van der Waals surface area contributed by atoms with Gasteiger partial charge in [-0.25, -0.2) is 14.6 Å². The zero-order valence-electron chi connectivity index (χ0n) is 24.6. The van der Waals surface area contributed by atoms with E-state index in [2.05, 4.69) is 22.5 Å². The van der Waals surface area contributed by atoms with Gasteiger partial charge in [-0.15, -0.1) is 0 Å². The van der Waals surface area contributed by atoms with Crippen LogP contribution in [-0.2, 0) is 6.54 Å². The van der Waals surface area contributed by atoms with Crippen molar-refractivity contribution in [3.63, 3.8) is 0 Å². The molecular formula is C33H43N5O3. The fourth-order valence-corrected chi connectivity index (χ4v) is 6.05. The molecule has 0 spiro atoms. The van der Waals surface area contributed by atoms with Gasteiger partial charge in [-0.1, -0.05) is 61.7 Å². The van der Waals surface area contributed by atoms with Gasteiger partial charge in [-0.05, 0) is 51.7 Å². The van der Waals surface area contributed by atoms with Crippen molar-refractivity contribution < 1.29 is 14.3 Å². The second-order valence-electron chi connectivity index (χ2n) is 11.7. The first kappa shape index (κ1) is 28.9. The number of fused-ring (bicyclic) bond motifs is 1. The SMILES string of the molecule is CC(C)NC(=O)N1CCN(Cc2c(-c3ccccc3)nc3ccccc3c2OC(=O)N[C@@H](C)C2CCCCC2)CC1. The molecule has 1 aliphatic heterocycles. The first-order valence-corrected chi connectivity index (χ1v) is 15.1. The number of amides is 3. The predicted octanol–water partition coefficient (Wildman–Crippen LogP) is 6.19. The zero-order chi connectivity index (χ0) is 28.8. The summed E-state index contributed by atoms with van der Waals surface area (Å²) in [6, 6.07) is 18.1. The summed E-state index contributed by atoms with van der Waals surface area (Å²) in [5.74, 6) is 1.04. The molecule has 0 unspecified atom stereocenters. The Bertz CT molecular complexity index is 1330. The van der Waals surface area contributed by atoms with E-state index in [-0.39, 0.29) is 18.1 Å². The quantitative estimate of drug-likeness (QED) is 0.362.